The van der Waals surface area contributed by atoms with Crippen LogP contribution in [0.15, 0.2) is 24.5 Å². The molecule has 2 atom stereocenters. The molecule has 0 spiro atoms. The van der Waals surface area contributed by atoms with Crippen LogP contribution in [0.5, 0.6) is 0 Å². The van der Waals surface area contributed by atoms with Crippen molar-refractivity contribution in [1.29, 1.82) is 0 Å². The molecule has 3 heteroatoms. The van der Waals surface area contributed by atoms with Crippen LogP contribution in [0.4, 0.5) is 0 Å². The maximum Gasteiger partial charge on any atom is 0.0595 e. The molecule has 0 radical (unpaired) electrons. The summed E-state index contributed by atoms with van der Waals surface area (Å²) in [5, 5.41) is 4.23. The summed E-state index contributed by atoms with van der Waals surface area (Å²) in [5.74, 6) is 1.49. The van der Waals surface area contributed by atoms with Crippen molar-refractivity contribution in [3.8, 4) is 0 Å². The molecule has 1 aromatic heterocycles. The van der Waals surface area contributed by atoms with Gasteiger partial charge >= 0.3 is 0 Å². The van der Waals surface area contributed by atoms with Gasteiger partial charge in [-0.25, -0.2) is 0 Å². The molecule has 0 saturated carbocycles. The third-order valence-electron chi connectivity index (χ3n) is 3.96. The van der Waals surface area contributed by atoms with E-state index in [1.807, 2.05) is 12.3 Å². The Balaban J connectivity index is 1.93. The lowest BCUT2D eigenvalue weighted by Crippen LogP contribution is -2.38. The standard InChI is InChI=1S/C14H17ClN2/c15-12-6-11(7-17-8-12)13-3-1-2-10-4-5-16-9-14(10)13/h3,6-8,10,14,16H,1-2,4-5,9H2/t10-,14+/m0/s1. The number of hydrogen-bond donors (Lipinski definition) is 1. The Hall–Kier alpha value is -0.860. The molecule has 0 bridgehead atoms. The van der Waals surface area contributed by atoms with Gasteiger partial charge in [0.1, 0.15) is 0 Å². The molecule has 2 nitrogen and oxygen atoms in total. The smallest absolute Gasteiger partial charge is 0.0595 e. The molecular formula is C14H17ClN2. The van der Waals surface area contributed by atoms with Crippen molar-refractivity contribution >= 4 is 17.2 Å². The first-order valence-electron chi connectivity index (χ1n) is 6.36. The van der Waals surface area contributed by atoms with Crippen molar-refractivity contribution in [3.05, 3.63) is 35.1 Å². The van der Waals surface area contributed by atoms with E-state index in [-0.39, 0.29) is 0 Å². The van der Waals surface area contributed by atoms with Gasteiger partial charge in [-0.05, 0) is 54.8 Å². The molecule has 2 heterocycles. The number of nitrogens with zero attached hydrogens (tertiary/aromatic N) is 1. The summed E-state index contributed by atoms with van der Waals surface area (Å²) in [6.07, 6.45) is 9.85. The molecule has 1 aliphatic carbocycles. The number of fused-ring (bicyclic) bond motifs is 1. The van der Waals surface area contributed by atoms with Gasteiger partial charge in [-0.15, -0.1) is 0 Å². The highest BCUT2D eigenvalue weighted by Crippen LogP contribution is 2.39. The fourth-order valence-corrected chi connectivity index (χ4v) is 3.30. The topological polar surface area (TPSA) is 24.9 Å². The van der Waals surface area contributed by atoms with Crippen molar-refractivity contribution in [2.75, 3.05) is 13.1 Å². The van der Waals surface area contributed by atoms with Crippen molar-refractivity contribution in [2.45, 2.75) is 19.3 Å². The Labute approximate surface area is 107 Å². The number of allylic oxidation sites excluding steroid dienone is 1. The van der Waals surface area contributed by atoms with Crippen LogP contribution < -0.4 is 5.32 Å². The first-order chi connectivity index (χ1) is 8.34. The zero-order chi connectivity index (χ0) is 11.7. The monoisotopic (exact) mass is 248 g/mol. The van der Waals surface area contributed by atoms with Crippen molar-refractivity contribution in [3.63, 3.8) is 0 Å². The van der Waals surface area contributed by atoms with Crippen LogP contribution in [-0.2, 0) is 0 Å². The molecule has 0 amide bonds. The highest BCUT2D eigenvalue weighted by Gasteiger charge is 2.30. The molecular weight excluding hydrogens is 232 g/mol. The largest absolute Gasteiger partial charge is 0.316 e. The summed E-state index contributed by atoms with van der Waals surface area (Å²) < 4.78 is 0. The van der Waals surface area contributed by atoms with Gasteiger partial charge in [0, 0.05) is 18.9 Å². The molecule has 1 saturated heterocycles. The van der Waals surface area contributed by atoms with Gasteiger partial charge in [0.05, 0.1) is 5.02 Å². The van der Waals surface area contributed by atoms with E-state index in [9.17, 15) is 0 Å². The van der Waals surface area contributed by atoms with E-state index in [2.05, 4.69) is 16.4 Å². The lowest BCUT2D eigenvalue weighted by molar-refractivity contribution is 0.285. The van der Waals surface area contributed by atoms with E-state index < -0.39 is 0 Å². The Bertz CT molecular complexity index is 442. The second-order valence-corrected chi connectivity index (χ2v) is 5.42. The SMILES string of the molecule is Clc1cncc(C2=CCC[C@H]3CCNC[C@@H]23)c1. The van der Waals surface area contributed by atoms with Gasteiger partial charge in [-0.1, -0.05) is 17.7 Å². The summed E-state index contributed by atoms with van der Waals surface area (Å²) in [7, 11) is 0. The first-order valence-corrected chi connectivity index (χ1v) is 6.74. The average Bonchev–Trinajstić information content (AvgIpc) is 2.38. The van der Waals surface area contributed by atoms with E-state index in [0.29, 0.717) is 5.92 Å². The Morgan fingerprint density at radius 2 is 2.24 bits per heavy atom. The quantitative estimate of drug-likeness (QED) is 0.826. The van der Waals surface area contributed by atoms with Gasteiger partial charge in [0.2, 0.25) is 0 Å². The zero-order valence-electron chi connectivity index (χ0n) is 9.82. The summed E-state index contributed by atoms with van der Waals surface area (Å²) >= 11 is 6.03. The van der Waals surface area contributed by atoms with Crippen LogP contribution >= 0.6 is 11.6 Å². The van der Waals surface area contributed by atoms with Crippen molar-refractivity contribution in [2.24, 2.45) is 11.8 Å². The van der Waals surface area contributed by atoms with E-state index in [1.54, 1.807) is 6.20 Å². The van der Waals surface area contributed by atoms with E-state index >= 15 is 0 Å². The minimum atomic E-state index is 0.651. The number of pyridine rings is 1. The fraction of sp³-hybridized carbons (Fsp3) is 0.500. The average molecular weight is 249 g/mol. The number of rotatable bonds is 1. The van der Waals surface area contributed by atoms with Crippen molar-refractivity contribution < 1.29 is 0 Å². The van der Waals surface area contributed by atoms with Gasteiger partial charge in [0.15, 0.2) is 0 Å². The van der Waals surface area contributed by atoms with Gasteiger partial charge in [0.25, 0.3) is 0 Å². The molecule has 2 aliphatic rings. The zero-order valence-corrected chi connectivity index (χ0v) is 10.6. The molecule has 0 unspecified atom stereocenters. The van der Waals surface area contributed by atoms with Crippen LogP contribution in [0.2, 0.25) is 5.02 Å². The summed E-state index contributed by atoms with van der Waals surface area (Å²) in [4.78, 5) is 4.20. The molecule has 17 heavy (non-hydrogen) atoms. The number of nitrogens with one attached hydrogen (secondary N) is 1. The molecule has 3 rings (SSSR count). The number of aromatic nitrogens is 1. The molecule has 1 aliphatic heterocycles. The van der Waals surface area contributed by atoms with Crippen LogP contribution in [0, 0.1) is 11.8 Å². The van der Waals surface area contributed by atoms with Crippen molar-refractivity contribution in [1.82, 2.24) is 10.3 Å². The van der Waals surface area contributed by atoms with Crippen LogP contribution in [-0.4, -0.2) is 18.1 Å². The van der Waals surface area contributed by atoms with E-state index in [1.165, 1.54) is 36.9 Å². The van der Waals surface area contributed by atoms with Gasteiger partial charge < -0.3 is 5.32 Å². The number of piperidine rings is 1. The Morgan fingerprint density at radius 3 is 3.12 bits per heavy atom. The summed E-state index contributed by atoms with van der Waals surface area (Å²) in [5.41, 5.74) is 2.65. The van der Waals surface area contributed by atoms with E-state index in [4.69, 9.17) is 11.6 Å². The first kappa shape index (κ1) is 11.2. The highest BCUT2D eigenvalue weighted by molar-refractivity contribution is 6.30. The third kappa shape index (κ3) is 2.24. The predicted molar refractivity (Wildman–Crippen MR) is 70.9 cm³/mol. The maximum absolute atomic E-state index is 6.03. The molecule has 0 aromatic carbocycles. The lowest BCUT2D eigenvalue weighted by atomic mass is 9.73. The van der Waals surface area contributed by atoms with Gasteiger partial charge in [-0.2, -0.15) is 0 Å². The molecule has 90 valence electrons. The maximum atomic E-state index is 6.03. The normalized spacial score (nSPS) is 28.4. The minimum Gasteiger partial charge on any atom is -0.316 e. The van der Waals surface area contributed by atoms with Crippen LogP contribution in [0.3, 0.4) is 0 Å². The highest BCUT2D eigenvalue weighted by atomic mass is 35.5. The number of hydrogen-bond acceptors (Lipinski definition) is 2. The minimum absolute atomic E-state index is 0.651. The summed E-state index contributed by atoms with van der Waals surface area (Å²) in [6.45, 7) is 2.27. The predicted octanol–water partition coefficient (Wildman–Crippen LogP) is 3.14. The molecule has 1 aromatic rings. The van der Waals surface area contributed by atoms with Crippen LogP contribution in [0.25, 0.3) is 5.57 Å². The second kappa shape index (κ2) is 4.79. The summed E-state index contributed by atoms with van der Waals surface area (Å²) in [6, 6.07) is 2.04. The number of halogens is 1. The van der Waals surface area contributed by atoms with Gasteiger partial charge in [-0.3, -0.25) is 4.98 Å². The Kier molecular flexibility index (Phi) is 3.17. The molecule has 1 N–H and O–H groups in total. The van der Waals surface area contributed by atoms with Crippen LogP contribution in [0.1, 0.15) is 24.8 Å². The van der Waals surface area contributed by atoms with E-state index in [0.717, 1.165) is 17.5 Å². The lowest BCUT2D eigenvalue weighted by Gasteiger charge is -2.37. The molecule has 1 fully saturated rings. The fourth-order valence-electron chi connectivity index (χ4n) is 3.13. The third-order valence-corrected chi connectivity index (χ3v) is 4.17. The Morgan fingerprint density at radius 1 is 1.29 bits per heavy atom. The second-order valence-electron chi connectivity index (χ2n) is 4.99.